The highest BCUT2D eigenvalue weighted by Crippen LogP contribution is 2.20. The smallest absolute Gasteiger partial charge is 0.00989 e. The van der Waals surface area contributed by atoms with Crippen molar-refractivity contribution in [1.82, 2.24) is 4.72 Å². The summed E-state index contributed by atoms with van der Waals surface area (Å²) in [4.78, 5) is 0. The average molecular weight is 271 g/mol. The fourth-order valence-electron chi connectivity index (χ4n) is 2.09. The molecule has 0 amide bonds. The lowest BCUT2D eigenvalue weighted by Gasteiger charge is -2.06. The number of benzene rings is 2. The second-order valence-electron chi connectivity index (χ2n) is 4.60. The van der Waals surface area contributed by atoms with Crippen LogP contribution >= 0.6 is 11.9 Å². The van der Waals surface area contributed by atoms with Crippen LogP contribution in [0.1, 0.15) is 18.1 Å². The zero-order valence-corrected chi connectivity index (χ0v) is 12.5. The summed E-state index contributed by atoms with van der Waals surface area (Å²) in [5.74, 6) is 0. The highest BCUT2D eigenvalue weighted by atomic mass is 32.2. The number of hydrogen-bond acceptors (Lipinski definition) is 2. The van der Waals surface area contributed by atoms with Gasteiger partial charge in [-0.3, -0.25) is 4.72 Å². The van der Waals surface area contributed by atoms with Gasteiger partial charge in [-0.2, -0.15) is 0 Å². The Balaban J connectivity index is 2.04. The van der Waals surface area contributed by atoms with Crippen molar-refractivity contribution in [3.63, 3.8) is 0 Å². The minimum Gasteiger partial charge on any atom is -0.264 e. The van der Waals surface area contributed by atoms with E-state index in [0.29, 0.717) is 0 Å². The van der Waals surface area contributed by atoms with E-state index in [4.69, 9.17) is 0 Å². The van der Waals surface area contributed by atoms with Crippen LogP contribution in [0.25, 0.3) is 11.1 Å². The lowest BCUT2D eigenvalue weighted by atomic mass is 10.0. The van der Waals surface area contributed by atoms with E-state index in [-0.39, 0.29) is 0 Å². The second-order valence-corrected chi connectivity index (χ2v) is 5.29. The van der Waals surface area contributed by atoms with Crippen molar-refractivity contribution >= 4 is 11.9 Å². The molecule has 0 bridgehead atoms. The first-order valence-electron chi connectivity index (χ1n) is 6.77. The molecule has 0 aromatic heterocycles. The van der Waals surface area contributed by atoms with Gasteiger partial charge < -0.3 is 0 Å². The van der Waals surface area contributed by atoms with E-state index in [1.807, 2.05) is 0 Å². The molecule has 0 aliphatic heterocycles. The van der Waals surface area contributed by atoms with Crippen LogP contribution in [0.4, 0.5) is 0 Å². The summed E-state index contributed by atoms with van der Waals surface area (Å²) in [5, 5.41) is 0. The van der Waals surface area contributed by atoms with E-state index < -0.39 is 0 Å². The van der Waals surface area contributed by atoms with E-state index >= 15 is 0 Å². The van der Waals surface area contributed by atoms with Crippen LogP contribution < -0.4 is 4.72 Å². The van der Waals surface area contributed by atoms with Crippen molar-refractivity contribution in [3.05, 3.63) is 59.7 Å². The third-order valence-electron chi connectivity index (χ3n) is 3.31. The molecule has 0 unspecified atom stereocenters. The maximum atomic E-state index is 3.27. The molecular formula is C17H21NS. The Morgan fingerprint density at radius 1 is 0.842 bits per heavy atom. The lowest BCUT2D eigenvalue weighted by Crippen LogP contribution is -2.07. The molecule has 2 aromatic rings. The molecule has 1 N–H and O–H groups in total. The molecule has 100 valence electrons. The zero-order valence-electron chi connectivity index (χ0n) is 11.6. The molecule has 0 saturated carbocycles. The monoisotopic (exact) mass is 271 g/mol. The van der Waals surface area contributed by atoms with Gasteiger partial charge in [0.1, 0.15) is 0 Å². The minimum atomic E-state index is 1.02. The normalized spacial score (nSPS) is 10.6. The summed E-state index contributed by atoms with van der Waals surface area (Å²) < 4.78 is 3.27. The number of nitrogens with one attached hydrogen (secondary N) is 1. The van der Waals surface area contributed by atoms with E-state index in [2.05, 4.69) is 66.4 Å². The fraction of sp³-hybridized carbons (Fsp3) is 0.294. The fourth-order valence-corrected chi connectivity index (χ4v) is 2.40. The third-order valence-corrected chi connectivity index (χ3v) is 3.80. The van der Waals surface area contributed by atoms with Gasteiger partial charge in [-0.05, 0) is 41.4 Å². The van der Waals surface area contributed by atoms with Gasteiger partial charge in [-0.1, -0.05) is 67.4 Å². The first-order valence-corrected chi connectivity index (χ1v) is 8.00. The van der Waals surface area contributed by atoms with Crippen LogP contribution in [0.3, 0.4) is 0 Å². The summed E-state index contributed by atoms with van der Waals surface area (Å²) in [5.41, 5.74) is 5.37. The molecule has 0 aliphatic carbocycles. The quantitative estimate of drug-likeness (QED) is 0.620. The molecule has 2 heteroatoms. The van der Waals surface area contributed by atoms with Crippen LogP contribution in [0.5, 0.6) is 0 Å². The Morgan fingerprint density at radius 2 is 1.37 bits per heavy atom. The van der Waals surface area contributed by atoms with E-state index in [0.717, 1.165) is 19.4 Å². The summed E-state index contributed by atoms with van der Waals surface area (Å²) in [6.07, 6.45) is 4.24. The summed E-state index contributed by atoms with van der Waals surface area (Å²) in [6, 6.07) is 17.7. The Kier molecular flexibility index (Phi) is 5.49. The maximum Gasteiger partial charge on any atom is 0.00989 e. The van der Waals surface area contributed by atoms with Crippen molar-refractivity contribution in [2.75, 3.05) is 12.8 Å². The van der Waals surface area contributed by atoms with Crippen molar-refractivity contribution < 1.29 is 0 Å². The maximum absolute atomic E-state index is 3.27. The van der Waals surface area contributed by atoms with Crippen LogP contribution in [-0.4, -0.2) is 12.8 Å². The van der Waals surface area contributed by atoms with Gasteiger partial charge in [0.05, 0.1) is 0 Å². The second kappa shape index (κ2) is 7.37. The van der Waals surface area contributed by atoms with Crippen LogP contribution in [0, 0.1) is 0 Å². The zero-order chi connectivity index (χ0) is 13.5. The summed E-state index contributed by atoms with van der Waals surface area (Å²) in [6.45, 7) is 3.21. The van der Waals surface area contributed by atoms with Gasteiger partial charge in [-0.25, -0.2) is 0 Å². The number of aryl methyl sites for hydroxylation is 1. The van der Waals surface area contributed by atoms with Crippen molar-refractivity contribution in [3.8, 4) is 11.1 Å². The highest BCUT2D eigenvalue weighted by molar-refractivity contribution is 7.96. The molecule has 0 heterocycles. The predicted octanol–water partition coefficient (Wildman–Crippen LogP) is 4.33. The molecule has 0 spiro atoms. The first-order chi connectivity index (χ1) is 9.33. The summed E-state index contributed by atoms with van der Waals surface area (Å²) >= 11 is 1.67. The van der Waals surface area contributed by atoms with Gasteiger partial charge in [0, 0.05) is 6.54 Å². The van der Waals surface area contributed by atoms with Crippen LogP contribution in [0.2, 0.25) is 0 Å². The molecule has 2 aromatic carbocycles. The van der Waals surface area contributed by atoms with Crippen molar-refractivity contribution in [2.45, 2.75) is 19.8 Å². The Morgan fingerprint density at radius 3 is 1.84 bits per heavy atom. The molecule has 0 atom stereocenters. The average Bonchev–Trinajstić information content (AvgIpc) is 2.48. The van der Waals surface area contributed by atoms with Gasteiger partial charge in [0.2, 0.25) is 0 Å². The first kappa shape index (κ1) is 14.2. The number of hydrogen-bond donors (Lipinski definition) is 1. The Labute approximate surface area is 120 Å². The van der Waals surface area contributed by atoms with Gasteiger partial charge in [0.25, 0.3) is 0 Å². The molecule has 0 fully saturated rings. The highest BCUT2D eigenvalue weighted by Gasteiger charge is 1.98. The van der Waals surface area contributed by atoms with Gasteiger partial charge >= 0.3 is 0 Å². The summed E-state index contributed by atoms with van der Waals surface area (Å²) in [7, 11) is 0. The van der Waals surface area contributed by atoms with E-state index in [1.165, 1.54) is 22.3 Å². The molecular weight excluding hydrogens is 250 g/mol. The SMILES string of the molecule is CCc1ccc(-c2ccc(CCNSC)cc2)cc1. The van der Waals surface area contributed by atoms with Crippen LogP contribution in [-0.2, 0) is 12.8 Å². The topological polar surface area (TPSA) is 12.0 Å². The van der Waals surface area contributed by atoms with Gasteiger partial charge in [-0.15, -0.1) is 0 Å². The van der Waals surface area contributed by atoms with Crippen molar-refractivity contribution in [2.24, 2.45) is 0 Å². The minimum absolute atomic E-state index is 1.02. The predicted molar refractivity (Wildman–Crippen MR) is 86.5 cm³/mol. The largest absolute Gasteiger partial charge is 0.264 e. The molecule has 0 radical (unpaired) electrons. The lowest BCUT2D eigenvalue weighted by molar-refractivity contribution is 0.910. The number of rotatable bonds is 6. The van der Waals surface area contributed by atoms with Crippen LogP contribution in [0.15, 0.2) is 48.5 Å². The van der Waals surface area contributed by atoms with E-state index in [9.17, 15) is 0 Å². The molecule has 19 heavy (non-hydrogen) atoms. The Bertz CT molecular complexity index is 488. The Hall–Kier alpha value is -1.25. The molecule has 0 aliphatic rings. The molecule has 0 saturated heterocycles. The standard InChI is InChI=1S/C17H21NS/c1-3-14-4-8-16(9-5-14)17-10-6-15(7-11-17)12-13-18-19-2/h4-11,18H,3,12-13H2,1-2H3. The molecule has 2 rings (SSSR count). The van der Waals surface area contributed by atoms with E-state index in [1.54, 1.807) is 11.9 Å². The van der Waals surface area contributed by atoms with Crippen molar-refractivity contribution in [1.29, 1.82) is 0 Å². The third kappa shape index (κ3) is 4.12. The molecule has 1 nitrogen and oxygen atoms in total. The van der Waals surface area contributed by atoms with Gasteiger partial charge in [0.15, 0.2) is 0 Å².